The fourth-order valence-electron chi connectivity index (χ4n) is 4.76. The SMILES string of the molecule is C=C(C)c1nc2cc(C3NOC(=O)N3)nc(-c3cncc(Cl)c3)c2n1CC1CCC(C)CC1. The Hall–Kier alpha value is -2.97. The van der Waals surface area contributed by atoms with Gasteiger partial charge in [0, 0.05) is 24.5 Å². The lowest BCUT2D eigenvalue weighted by atomic mass is 9.83. The molecule has 172 valence electrons. The summed E-state index contributed by atoms with van der Waals surface area (Å²) in [5.74, 6) is 2.21. The van der Waals surface area contributed by atoms with Crippen LogP contribution in [-0.4, -0.2) is 25.6 Å². The fourth-order valence-corrected chi connectivity index (χ4v) is 4.94. The second-order valence-electron chi connectivity index (χ2n) is 9.19. The van der Waals surface area contributed by atoms with Gasteiger partial charge in [-0.1, -0.05) is 37.9 Å². The third-order valence-electron chi connectivity index (χ3n) is 6.51. The Morgan fingerprint density at radius 2 is 2.03 bits per heavy atom. The lowest BCUT2D eigenvalue weighted by Gasteiger charge is -2.27. The van der Waals surface area contributed by atoms with E-state index in [4.69, 9.17) is 26.4 Å². The van der Waals surface area contributed by atoms with E-state index in [0.717, 1.165) is 40.5 Å². The molecule has 8 nitrogen and oxygen atoms in total. The van der Waals surface area contributed by atoms with E-state index in [-0.39, 0.29) is 0 Å². The van der Waals surface area contributed by atoms with Crippen LogP contribution in [0.15, 0.2) is 31.1 Å². The second kappa shape index (κ2) is 8.76. The number of hydrogen-bond donors (Lipinski definition) is 2. The molecule has 1 aliphatic carbocycles. The predicted molar refractivity (Wildman–Crippen MR) is 127 cm³/mol. The van der Waals surface area contributed by atoms with Gasteiger partial charge >= 0.3 is 6.09 Å². The third kappa shape index (κ3) is 4.32. The quantitative estimate of drug-likeness (QED) is 0.533. The van der Waals surface area contributed by atoms with Gasteiger partial charge in [-0.2, -0.15) is 0 Å². The molecule has 0 radical (unpaired) electrons. The zero-order valence-corrected chi connectivity index (χ0v) is 19.5. The van der Waals surface area contributed by atoms with E-state index in [9.17, 15) is 4.79 Å². The van der Waals surface area contributed by atoms with Crippen molar-refractivity contribution in [2.75, 3.05) is 0 Å². The second-order valence-corrected chi connectivity index (χ2v) is 9.63. The van der Waals surface area contributed by atoms with E-state index in [1.54, 1.807) is 12.4 Å². The molecule has 4 heterocycles. The Kier molecular flexibility index (Phi) is 5.80. The van der Waals surface area contributed by atoms with Crippen molar-refractivity contribution in [3.05, 3.63) is 47.6 Å². The van der Waals surface area contributed by atoms with Crippen molar-refractivity contribution in [2.24, 2.45) is 11.8 Å². The van der Waals surface area contributed by atoms with Crippen LogP contribution in [0, 0.1) is 11.8 Å². The monoisotopic (exact) mass is 466 g/mol. The highest BCUT2D eigenvalue weighted by atomic mass is 35.5. The maximum absolute atomic E-state index is 11.6. The number of carbonyl (C=O) groups is 1. The molecule has 5 rings (SSSR count). The van der Waals surface area contributed by atoms with Crippen LogP contribution >= 0.6 is 11.6 Å². The standard InChI is InChI=1S/C24H27ClN6O2/c1-13(2)23-28-18-9-19(22-29-24(32)33-30-22)27-20(16-8-17(25)11-26-10-16)21(18)31(23)12-15-6-4-14(3)5-7-15/h8-11,14-15,22,30H,1,4-7,12H2,2-3H3,(H,29,32). The predicted octanol–water partition coefficient (Wildman–Crippen LogP) is 5.25. The molecule has 0 spiro atoms. The highest BCUT2D eigenvalue weighted by molar-refractivity contribution is 6.30. The lowest BCUT2D eigenvalue weighted by Crippen LogP contribution is -2.23. The van der Waals surface area contributed by atoms with Gasteiger partial charge in [-0.05, 0) is 49.3 Å². The van der Waals surface area contributed by atoms with Crippen LogP contribution in [-0.2, 0) is 11.4 Å². The van der Waals surface area contributed by atoms with Gasteiger partial charge in [-0.3, -0.25) is 10.3 Å². The zero-order valence-electron chi connectivity index (χ0n) is 18.8. The summed E-state index contributed by atoms with van der Waals surface area (Å²) in [5.41, 5.74) is 7.35. The number of rotatable bonds is 5. The van der Waals surface area contributed by atoms with E-state index in [1.807, 2.05) is 19.1 Å². The van der Waals surface area contributed by atoms with Crippen LogP contribution in [0.5, 0.6) is 0 Å². The molecule has 1 saturated heterocycles. The largest absolute Gasteiger partial charge is 0.427 e. The van der Waals surface area contributed by atoms with Gasteiger partial charge < -0.3 is 9.40 Å². The molecule has 1 saturated carbocycles. The molecule has 9 heteroatoms. The minimum atomic E-state index is -0.578. The number of amides is 1. The van der Waals surface area contributed by atoms with Crippen molar-refractivity contribution in [1.29, 1.82) is 0 Å². The summed E-state index contributed by atoms with van der Waals surface area (Å²) in [4.78, 5) is 30.6. The first-order chi connectivity index (χ1) is 15.9. The van der Waals surface area contributed by atoms with Crippen LogP contribution in [0.1, 0.15) is 57.2 Å². The topological polar surface area (TPSA) is 94.0 Å². The maximum Gasteiger partial charge on any atom is 0.427 e. The molecule has 0 bridgehead atoms. The first-order valence-electron chi connectivity index (χ1n) is 11.3. The van der Waals surface area contributed by atoms with E-state index in [2.05, 4.69) is 33.9 Å². The number of hydrogen-bond acceptors (Lipinski definition) is 6. The summed E-state index contributed by atoms with van der Waals surface area (Å²) in [7, 11) is 0. The highest BCUT2D eigenvalue weighted by Crippen LogP contribution is 2.35. The number of nitrogens with zero attached hydrogens (tertiary/aromatic N) is 4. The van der Waals surface area contributed by atoms with E-state index in [0.29, 0.717) is 22.3 Å². The number of nitrogens with one attached hydrogen (secondary N) is 2. The maximum atomic E-state index is 11.6. The number of halogens is 1. The first-order valence-corrected chi connectivity index (χ1v) is 11.7. The Bertz CT molecular complexity index is 1230. The zero-order chi connectivity index (χ0) is 23.1. The molecule has 1 aliphatic heterocycles. The molecule has 2 fully saturated rings. The summed E-state index contributed by atoms with van der Waals surface area (Å²) in [6.07, 6.45) is 7.11. The number of carbonyl (C=O) groups excluding carboxylic acids is 1. The lowest BCUT2D eigenvalue weighted by molar-refractivity contribution is 0.121. The molecule has 2 aliphatic rings. The van der Waals surface area contributed by atoms with Gasteiger partial charge in [0.2, 0.25) is 0 Å². The van der Waals surface area contributed by atoms with Crippen molar-refractivity contribution in [3.63, 3.8) is 0 Å². The average Bonchev–Trinajstić information content (AvgIpc) is 3.38. The van der Waals surface area contributed by atoms with Crippen LogP contribution < -0.4 is 10.8 Å². The summed E-state index contributed by atoms with van der Waals surface area (Å²) in [6.45, 7) is 9.35. The number of allylic oxidation sites excluding steroid dienone is 1. The molecule has 33 heavy (non-hydrogen) atoms. The highest BCUT2D eigenvalue weighted by Gasteiger charge is 2.28. The molecule has 1 unspecified atom stereocenters. The molecule has 2 N–H and O–H groups in total. The van der Waals surface area contributed by atoms with Crippen molar-refractivity contribution in [2.45, 2.75) is 52.2 Å². The van der Waals surface area contributed by atoms with E-state index < -0.39 is 12.3 Å². The van der Waals surface area contributed by atoms with Gasteiger partial charge in [0.15, 0.2) is 6.17 Å². The smallest absolute Gasteiger partial charge is 0.351 e. The van der Waals surface area contributed by atoms with Crippen LogP contribution in [0.4, 0.5) is 4.79 Å². The minimum Gasteiger partial charge on any atom is -0.351 e. The molecule has 1 amide bonds. The Morgan fingerprint density at radius 3 is 2.70 bits per heavy atom. The summed E-state index contributed by atoms with van der Waals surface area (Å²) in [5, 5.41) is 3.23. The van der Waals surface area contributed by atoms with Crippen molar-refractivity contribution in [1.82, 2.24) is 30.3 Å². The number of hydroxylamine groups is 1. The summed E-state index contributed by atoms with van der Waals surface area (Å²) in [6, 6.07) is 3.73. The van der Waals surface area contributed by atoms with Crippen LogP contribution in [0.25, 0.3) is 27.9 Å². The molecule has 3 aromatic heterocycles. The van der Waals surface area contributed by atoms with E-state index in [1.165, 1.54) is 25.7 Å². The van der Waals surface area contributed by atoms with Gasteiger partial charge in [-0.25, -0.2) is 14.8 Å². The summed E-state index contributed by atoms with van der Waals surface area (Å²) < 4.78 is 2.25. The van der Waals surface area contributed by atoms with Crippen molar-refractivity contribution in [3.8, 4) is 11.3 Å². The molecule has 0 aromatic carbocycles. The van der Waals surface area contributed by atoms with Crippen molar-refractivity contribution < 1.29 is 9.63 Å². The molecular weight excluding hydrogens is 440 g/mol. The van der Waals surface area contributed by atoms with Crippen LogP contribution in [0.2, 0.25) is 5.02 Å². The van der Waals surface area contributed by atoms with Gasteiger partial charge in [0.1, 0.15) is 5.82 Å². The molecule has 3 aromatic rings. The van der Waals surface area contributed by atoms with Gasteiger partial charge in [-0.15, -0.1) is 5.48 Å². The fraction of sp³-hybridized carbons (Fsp3) is 0.417. The Balaban J connectivity index is 1.69. The van der Waals surface area contributed by atoms with Crippen molar-refractivity contribution >= 4 is 34.3 Å². The molecule has 1 atom stereocenters. The first kappa shape index (κ1) is 21.9. The number of aromatic nitrogens is 4. The Labute approximate surface area is 197 Å². The van der Waals surface area contributed by atoms with E-state index >= 15 is 0 Å². The third-order valence-corrected chi connectivity index (χ3v) is 6.71. The normalized spacial score (nSPS) is 22.9. The van der Waals surface area contributed by atoms with Crippen LogP contribution in [0.3, 0.4) is 0 Å². The number of imidazole rings is 1. The molecular formula is C24H27ClN6O2. The van der Waals surface area contributed by atoms with Gasteiger partial charge in [0.25, 0.3) is 0 Å². The van der Waals surface area contributed by atoms with Gasteiger partial charge in [0.05, 0.1) is 27.4 Å². The minimum absolute atomic E-state index is 0.524. The Morgan fingerprint density at radius 1 is 1.24 bits per heavy atom. The average molecular weight is 467 g/mol. The number of fused-ring (bicyclic) bond motifs is 1. The number of pyridine rings is 2. The summed E-state index contributed by atoms with van der Waals surface area (Å²) >= 11 is 6.28.